The first kappa shape index (κ1) is 18.3. The van der Waals surface area contributed by atoms with Crippen LogP contribution in [0.3, 0.4) is 0 Å². The smallest absolute Gasteiger partial charge is 0.124 e. The molecule has 0 saturated heterocycles. The molecule has 3 rings (SSSR count). The normalized spacial score (nSPS) is 13.5. The van der Waals surface area contributed by atoms with Gasteiger partial charge in [-0.1, -0.05) is 42.5 Å². The fourth-order valence-electron chi connectivity index (χ4n) is 2.86. The minimum Gasteiger partial charge on any atom is -0.366 e. The summed E-state index contributed by atoms with van der Waals surface area (Å²) in [7, 11) is 1.92. The highest BCUT2D eigenvalue weighted by atomic mass is 19.1. The summed E-state index contributed by atoms with van der Waals surface area (Å²) in [5.74, 6) is -0.214. The van der Waals surface area contributed by atoms with Crippen LogP contribution in [0, 0.1) is 5.82 Å². The topological polar surface area (TPSA) is 39.1 Å². The van der Waals surface area contributed by atoms with Crippen LogP contribution in [0.15, 0.2) is 66.9 Å². The quantitative estimate of drug-likeness (QED) is 0.669. The number of nitrogens with one attached hydrogen (secondary N) is 1. The fourth-order valence-corrected chi connectivity index (χ4v) is 2.86. The fraction of sp³-hybridized carbons (Fsp3) is 0.286. The van der Waals surface area contributed by atoms with Crippen LogP contribution in [-0.4, -0.2) is 22.4 Å². The predicted octanol–water partition coefficient (Wildman–Crippen LogP) is 3.84. The molecule has 0 fully saturated rings. The molecule has 3 aromatic rings. The minimum absolute atomic E-state index is 0.123. The Hall–Kier alpha value is -2.50. The molecule has 136 valence electrons. The summed E-state index contributed by atoms with van der Waals surface area (Å²) in [6.45, 7) is 3.19. The number of aryl methyl sites for hydroxylation is 1. The molecule has 2 unspecified atom stereocenters. The van der Waals surface area contributed by atoms with Gasteiger partial charge in [-0.25, -0.2) is 4.39 Å². The van der Waals surface area contributed by atoms with Crippen molar-refractivity contribution in [1.29, 1.82) is 0 Å². The first-order valence-corrected chi connectivity index (χ1v) is 8.76. The molecule has 0 saturated carbocycles. The van der Waals surface area contributed by atoms with Gasteiger partial charge in [-0.2, -0.15) is 5.10 Å². The van der Waals surface area contributed by atoms with E-state index < -0.39 is 0 Å². The molecule has 0 aliphatic heterocycles. The predicted molar refractivity (Wildman–Crippen MR) is 100 cm³/mol. The van der Waals surface area contributed by atoms with E-state index >= 15 is 0 Å². The van der Waals surface area contributed by atoms with Gasteiger partial charge in [0.05, 0.1) is 12.3 Å². The minimum atomic E-state index is -0.214. The average Bonchev–Trinajstić information content (AvgIpc) is 3.07. The third-order valence-corrected chi connectivity index (χ3v) is 4.29. The highest BCUT2D eigenvalue weighted by Gasteiger charge is 2.19. The summed E-state index contributed by atoms with van der Waals surface area (Å²) < 4.78 is 21.3. The summed E-state index contributed by atoms with van der Waals surface area (Å²) in [5.41, 5.74) is 3.02. The number of halogens is 1. The monoisotopic (exact) mass is 353 g/mol. The van der Waals surface area contributed by atoms with E-state index in [2.05, 4.69) is 29.5 Å². The van der Waals surface area contributed by atoms with Crippen LogP contribution in [0.25, 0.3) is 0 Å². The van der Waals surface area contributed by atoms with Gasteiger partial charge < -0.3 is 10.1 Å². The number of ether oxygens (including phenoxy) is 1. The molecule has 0 aliphatic carbocycles. The SMILES string of the molecule is CC(COC(c1ccccc1)c1ccnn1C)NCc1cccc(F)c1. The highest BCUT2D eigenvalue weighted by molar-refractivity contribution is 5.25. The van der Waals surface area contributed by atoms with Crippen LogP contribution >= 0.6 is 0 Å². The van der Waals surface area contributed by atoms with E-state index in [0.717, 1.165) is 16.8 Å². The Morgan fingerprint density at radius 1 is 1.12 bits per heavy atom. The summed E-state index contributed by atoms with van der Waals surface area (Å²) in [6.07, 6.45) is 1.60. The highest BCUT2D eigenvalue weighted by Crippen LogP contribution is 2.25. The van der Waals surface area contributed by atoms with Gasteiger partial charge in [0.15, 0.2) is 0 Å². The number of nitrogens with zero attached hydrogens (tertiary/aromatic N) is 2. The average molecular weight is 353 g/mol. The molecule has 1 aromatic heterocycles. The maximum atomic E-state index is 13.3. The van der Waals surface area contributed by atoms with Crippen molar-refractivity contribution in [3.8, 4) is 0 Å². The van der Waals surface area contributed by atoms with Crippen LogP contribution in [0.2, 0.25) is 0 Å². The lowest BCUT2D eigenvalue weighted by Crippen LogP contribution is -2.31. The zero-order valence-electron chi connectivity index (χ0n) is 15.1. The lowest BCUT2D eigenvalue weighted by Gasteiger charge is -2.22. The molecule has 1 heterocycles. The Kier molecular flexibility index (Phi) is 6.15. The Morgan fingerprint density at radius 2 is 1.92 bits per heavy atom. The van der Waals surface area contributed by atoms with Gasteiger partial charge in [-0.05, 0) is 36.2 Å². The molecule has 5 heteroatoms. The Labute approximate surface area is 153 Å². The molecule has 1 N–H and O–H groups in total. The Morgan fingerprint density at radius 3 is 2.62 bits per heavy atom. The molecule has 2 aromatic carbocycles. The van der Waals surface area contributed by atoms with E-state index in [9.17, 15) is 4.39 Å². The third kappa shape index (κ3) is 4.77. The van der Waals surface area contributed by atoms with Crippen LogP contribution in [0.4, 0.5) is 4.39 Å². The molecular formula is C21H24FN3O. The summed E-state index contributed by atoms with van der Waals surface area (Å²) >= 11 is 0. The van der Waals surface area contributed by atoms with Gasteiger partial charge >= 0.3 is 0 Å². The van der Waals surface area contributed by atoms with E-state index in [-0.39, 0.29) is 18.0 Å². The zero-order chi connectivity index (χ0) is 18.4. The summed E-state index contributed by atoms with van der Waals surface area (Å²) in [4.78, 5) is 0. The van der Waals surface area contributed by atoms with Crippen molar-refractivity contribution in [2.75, 3.05) is 6.61 Å². The van der Waals surface area contributed by atoms with Crippen molar-refractivity contribution < 1.29 is 9.13 Å². The Bertz CT molecular complexity index is 819. The van der Waals surface area contributed by atoms with Crippen LogP contribution < -0.4 is 5.32 Å². The molecule has 0 amide bonds. The maximum Gasteiger partial charge on any atom is 0.124 e. The number of rotatable bonds is 8. The molecule has 0 radical (unpaired) electrons. The zero-order valence-corrected chi connectivity index (χ0v) is 15.1. The van der Waals surface area contributed by atoms with E-state index in [1.165, 1.54) is 6.07 Å². The van der Waals surface area contributed by atoms with Gasteiger partial charge in [-0.15, -0.1) is 0 Å². The lowest BCUT2D eigenvalue weighted by atomic mass is 10.1. The molecule has 0 aliphatic rings. The van der Waals surface area contributed by atoms with Crippen molar-refractivity contribution in [1.82, 2.24) is 15.1 Å². The molecule has 4 nitrogen and oxygen atoms in total. The standard InChI is InChI=1S/C21H24FN3O/c1-16(23-14-17-7-6-10-19(22)13-17)15-26-21(18-8-4-3-5-9-18)20-11-12-24-25(20)2/h3-13,16,21,23H,14-15H2,1-2H3. The van der Waals surface area contributed by atoms with Crippen LogP contribution in [0.5, 0.6) is 0 Å². The largest absolute Gasteiger partial charge is 0.366 e. The summed E-state index contributed by atoms with van der Waals surface area (Å²) in [5, 5.41) is 7.64. The van der Waals surface area contributed by atoms with Gasteiger partial charge in [0.2, 0.25) is 0 Å². The van der Waals surface area contributed by atoms with Crippen LogP contribution in [0.1, 0.15) is 29.8 Å². The maximum absolute atomic E-state index is 13.3. The van der Waals surface area contributed by atoms with Crippen LogP contribution in [-0.2, 0) is 18.3 Å². The van der Waals surface area contributed by atoms with Crippen molar-refractivity contribution in [2.24, 2.45) is 7.05 Å². The molecule has 0 spiro atoms. The van der Waals surface area contributed by atoms with E-state index in [1.54, 1.807) is 18.3 Å². The van der Waals surface area contributed by atoms with Crippen molar-refractivity contribution >= 4 is 0 Å². The van der Waals surface area contributed by atoms with Gasteiger partial charge in [-0.3, -0.25) is 4.68 Å². The van der Waals surface area contributed by atoms with Gasteiger partial charge in [0, 0.05) is 25.8 Å². The first-order valence-electron chi connectivity index (χ1n) is 8.76. The first-order chi connectivity index (χ1) is 12.6. The van der Waals surface area contributed by atoms with Gasteiger partial charge in [0.1, 0.15) is 11.9 Å². The second-order valence-corrected chi connectivity index (χ2v) is 6.42. The molecule has 2 atom stereocenters. The van der Waals surface area contributed by atoms with E-state index in [1.807, 2.05) is 42.1 Å². The summed E-state index contributed by atoms with van der Waals surface area (Å²) in [6, 6.07) is 18.9. The van der Waals surface area contributed by atoms with E-state index in [4.69, 9.17) is 4.74 Å². The molecule has 26 heavy (non-hydrogen) atoms. The van der Waals surface area contributed by atoms with Crippen molar-refractivity contribution in [3.05, 3.63) is 89.5 Å². The Balaban J connectivity index is 1.61. The van der Waals surface area contributed by atoms with Crippen molar-refractivity contribution in [3.63, 3.8) is 0 Å². The van der Waals surface area contributed by atoms with Gasteiger partial charge in [0.25, 0.3) is 0 Å². The van der Waals surface area contributed by atoms with Crippen molar-refractivity contribution in [2.45, 2.75) is 25.6 Å². The molecule has 0 bridgehead atoms. The number of hydrogen-bond donors (Lipinski definition) is 1. The molecular weight excluding hydrogens is 329 g/mol. The third-order valence-electron chi connectivity index (χ3n) is 4.29. The van der Waals surface area contributed by atoms with E-state index in [0.29, 0.717) is 13.2 Å². The number of benzene rings is 2. The second-order valence-electron chi connectivity index (χ2n) is 6.42. The lowest BCUT2D eigenvalue weighted by molar-refractivity contribution is 0.0603. The number of hydrogen-bond acceptors (Lipinski definition) is 3. The number of aromatic nitrogens is 2. The second kappa shape index (κ2) is 8.74.